The lowest BCUT2D eigenvalue weighted by molar-refractivity contribution is 1.40. The summed E-state index contributed by atoms with van der Waals surface area (Å²) in [4.78, 5) is 0. The van der Waals surface area contributed by atoms with Crippen LogP contribution in [0.1, 0.15) is 0 Å². The minimum absolute atomic E-state index is 0.0439. The average molecular weight is 333 g/mol. The molecule has 1 nitrogen and oxygen atoms in total. The Morgan fingerprint density at radius 1 is 1.75 bits per heavy atom. The molecule has 0 aromatic carbocycles. The van der Waals surface area contributed by atoms with Crippen LogP contribution in [0, 0.1) is 11.3 Å². The topological polar surface area (TPSA) is 23.8 Å². The minimum Gasteiger partial charge on any atom is -0.197 e. The van der Waals surface area contributed by atoms with E-state index in [4.69, 9.17) is 5.26 Å². The highest BCUT2D eigenvalue weighted by Gasteiger charge is 1.89. The maximum atomic E-state index is 8.25. The summed E-state index contributed by atoms with van der Waals surface area (Å²) in [6, 6.07) is 2.10. The van der Waals surface area contributed by atoms with Crippen molar-refractivity contribution in [2.45, 2.75) is 3.92 Å². The molecule has 0 heterocycles. The summed E-state index contributed by atoms with van der Waals surface area (Å²) in [7, 11) is 0. The maximum absolute atomic E-state index is 8.25. The lowest BCUT2D eigenvalue weighted by Gasteiger charge is -1.83. The Morgan fingerprint density at radius 2 is 2.38 bits per heavy atom. The molecule has 0 amide bonds. The van der Waals surface area contributed by atoms with Gasteiger partial charge in [-0.25, -0.2) is 0 Å². The second-order valence-electron chi connectivity index (χ2n) is 1.11. The number of hydrogen-bond acceptors (Lipinski definition) is 1. The van der Waals surface area contributed by atoms with E-state index < -0.39 is 0 Å². The van der Waals surface area contributed by atoms with Gasteiger partial charge in [-0.2, -0.15) is 5.26 Å². The summed E-state index contributed by atoms with van der Waals surface area (Å²) in [5.74, 6) is 0. The van der Waals surface area contributed by atoms with Crippen LogP contribution < -0.4 is 0 Å². The van der Waals surface area contributed by atoms with Gasteiger partial charge in [-0.3, -0.25) is 0 Å². The fourth-order valence-electron chi connectivity index (χ4n) is 0.214. The van der Waals surface area contributed by atoms with E-state index in [9.17, 15) is 0 Å². The Labute approximate surface area is 76.4 Å². The van der Waals surface area contributed by atoms with Gasteiger partial charge < -0.3 is 0 Å². The molecule has 0 aromatic rings. The Kier molecular flexibility index (Phi) is 6.32. The van der Waals surface area contributed by atoms with Crippen molar-refractivity contribution < 1.29 is 0 Å². The number of alkyl halides is 2. The Balaban J connectivity index is 3.40. The van der Waals surface area contributed by atoms with Crippen molar-refractivity contribution in [3.63, 3.8) is 0 Å². The van der Waals surface area contributed by atoms with Crippen molar-refractivity contribution in [2.24, 2.45) is 0 Å². The van der Waals surface area contributed by atoms with Gasteiger partial charge in [0.05, 0.1) is 6.07 Å². The van der Waals surface area contributed by atoms with Gasteiger partial charge in [0.2, 0.25) is 0 Å². The molecule has 1 atom stereocenters. The SMILES string of the molecule is N#CC(I)/C=C\CI. The van der Waals surface area contributed by atoms with Crippen molar-refractivity contribution in [1.29, 1.82) is 5.26 Å². The zero-order chi connectivity index (χ0) is 6.41. The quantitative estimate of drug-likeness (QED) is 0.432. The molecule has 0 N–H and O–H groups in total. The molecular weight excluding hydrogens is 328 g/mol. The van der Waals surface area contributed by atoms with Gasteiger partial charge in [0.15, 0.2) is 0 Å². The largest absolute Gasteiger partial charge is 0.197 e. The Hall–Kier alpha value is 0.690. The third kappa shape index (κ3) is 4.84. The first-order valence-electron chi connectivity index (χ1n) is 2.07. The molecule has 0 spiro atoms. The normalized spacial score (nSPS) is 13.6. The molecule has 44 valence electrons. The van der Waals surface area contributed by atoms with Gasteiger partial charge in [0, 0.05) is 4.43 Å². The molecular formula is C5H5I2N. The predicted octanol–water partition coefficient (Wildman–Crippen LogP) is 2.30. The van der Waals surface area contributed by atoms with E-state index in [0.29, 0.717) is 0 Å². The van der Waals surface area contributed by atoms with Crippen molar-refractivity contribution in [3.05, 3.63) is 12.2 Å². The van der Waals surface area contributed by atoms with E-state index in [0.717, 1.165) is 4.43 Å². The highest BCUT2D eigenvalue weighted by molar-refractivity contribution is 14.1. The first-order chi connectivity index (χ1) is 3.81. The molecule has 0 aliphatic carbocycles. The van der Waals surface area contributed by atoms with Crippen molar-refractivity contribution in [3.8, 4) is 6.07 Å². The third-order valence-corrected chi connectivity index (χ3v) is 1.72. The summed E-state index contributed by atoms with van der Waals surface area (Å²) < 4.78 is 1.03. The molecule has 0 radical (unpaired) electrons. The lowest BCUT2D eigenvalue weighted by atomic mass is 10.4. The molecule has 0 saturated carbocycles. The smallest absolute Gasteiger partial charge is 0.116 e. The second-order valence-corrected chi connectivity index (χ2v) is 3.34. The van der Waals surface area contributed by atoms with Crippen LogP contribution >= 0.6 is 45.2 Å². The maximum Gasteiger partial charge on any atom is 0.116 e. The summed E-state index contributed by atoms with van der Waals surface area (Å²) in [5.41, 5.74) is 0. The lowest BCUT2D eigenvalue weighted by Crippen LogP contribution is -1.82. The van der Waals surface area contributed by atoms with E-state index in [2.05, 4.69) is 51.3 Å². The van der Waals surface area contributed by atoms with Crippen LogP contribution in [0.15, 0.2) is 12.2 Å². The Bertz CT molecular complexity index is 114. The highest BCUT2D eigenvalue weighted by atomic mass is 127. The highest BCUT2D eigenvalue weighted by Crippen LogP contribution is 1.99. The van der Waals surface area contributed by atoms with Gasteiger partial charge in [0.1, 0.15) is 3.92 Å². The molecule has 0 bridgehead atoms. The number of nitriles is 1. The minimum atomic E-state index is 0.0439. The Morgan fingerprint density at radius 3 is 2.75 bits per heavy atom. The van der Waals surface area contributed by atoms with Gasteiger partial charge in [0.25, 0.3) is 0 Å². The van der Waals surface area contributed by atoms with E-state index in [-0.39, 0.29) is 3.92 Å². The molecule has 0 aliphatic rings. The molecule has 8 heavy (non-hydrogen) atoms. The van der Waals surface area contributed by atoms with Crippen LogP contribution in [0.3, 0.4) is 0 Å². The van der Waals surface area contributed by atoms with E-state index in [1.54, 1.807) is 0 Å². The number of rotatable bonds is 2. The zero-order valence-corrected chi connectivity index (χ0v) is 8.46. The van der Waals surface area contributed by atoms with E-state index in [1.807, 2.05) is 12.2 Å². The second kappa shape index (κ2) is 5.82. The predicted molar refractivity (Wildman–Crippen MR) is 51.4 cm³/mol. The van der Waals surface area contributed by atoms with Gasteiger partial charge in [-0.15, -0.1) is 0 Å². The number of hydrogen-bond donors (Lipinski definition) is 0. The number of nitrogens with zero attached hydrogens (tertiary/aromatic N) is 1. The van der Waals surface area contributed by atoms with Crippen molar-refractivity contribution in [2.75, 3.05) is 4.43 Å². The molecule has 3 heteroatoms. The van der Waals surface area contributed by atoms with Gasteiger partial charge in [-0.05, 0) is 0 Å². The van der Waals surface area contributed by atoms with Gasteiger partial charge >= 0.3 is 0 Å². The summed E-state index contributed by atoms with van der Waals surface area (Å²) in [6.45, 7) is 0. The zero-order valence-electron chi connectivity index (χ0n) is 4.14. The van der Waals surface area contributed by atoms with E-state index in [1.165, 1.54) is 0 Å². The summed E-state index contributed by atoms with van der Waals surface area (Å²) in [6.07, 6.45) is 3.88. The fourth-order valence-corrected chi connectivity index (χ4v) is 0.801. The molecule has 0 aliphatic heterocycles. The molecule has 0 saturated heterocycles. The van der Waals surface area contributed by atoms with Crippen molar-refractivity contribution in [1.82, 2.24) is 0 Å². The average Bonchev–Trinajstić information content (AvgIpc) is 1.83. The molecule has 0 aromatic heterocycles. The van der Waals surface area contributed by atoms with Crippen LogP contribution in [-0.4, -0.2) is 8.35 Å². The number of allylic oxidation sites excluding steroid dienone is 2. The van der Waals surface area contributed by atoms with Crippen LogP contribution in [0.2, 0.25) is 0 Å². The van der Waals surface area contributed by atoms with Crippen LogP contribution in [0.25, 0.3) is 0 Å². The third-order valence-electron chi connectivity index (χ3n) is 0.517. The summed E-state index contributed by atoms with van der Waals surface area (Å²) >= 11 is 4.32. The van der Waals surface area contributed by atoms with Gasteiger partial charge in [-0.1, -0.05) is 57.3 Å². The van der Waals surface area contributed by atoms with Crippen LogP contribution in [0.5, 0.6) is 0 Å². The van der Waals surface area contributed by atoms with Crippen LogP contribution in [-0.2, 0) is 0 Å². The van der Waals surface area contributed by atoms with Crippen LogP contribution in [0.4, 0.5) is 0 Å². The standard InChI is InChI=1S/C5H5I2N/c6-3-1-2-5(7)4-8/h1-2,5H,3H2/b2-1-. The first kappa shape index (κ1) is 8.69. The number of halogens is 2. The monoisotopic (exact) mass is 333 g/mol. The molecule has 0 fully saturated rings. The molecule has 1 unspecified atom stereocenters. The van der Waals surface area contributed by atoms with Crippen molar-refractivity contribution >= 4 is 45.2 Å². The van der Waals surface area contributed by atoms with E-state index >= 15 is 0 Å². The fraction of sp³-hybridized carbons (Fsp3) is 0.400. The summed E-state index contributed by atoms with van der Waals surface area (Å²) in [5, 5.41) is 8.25. The molecule has 0 rings (SSSR count). The first-order valence-corrected chi connectivity index (χ1v) is 4.84.